The van der Waals surface area contributed by atoms with Crippen LogP contribution in [0.15, 0.2) is 24.3 Å². The third-order valence-corrected chi connectivity index (χ3v) is 3.84. The molecule has 0 heterocycles. The zero-order valence-electron chi connectivity index (χ0n) is 14.8. The quantitative estimate of drug-likeness (QED) is 0.822. The standard InChI is InChI=1S/C17H27N3O3/c1-12(17(22)19(3)4)18-16(21)11-20(5)13(2)14-7-9-15(23-6)10-8-14/h7-10,12-13H,11H2,1-6H3,(H,18,21). The van der Waals surface area contributed by atoms with Crippen LogP contribution < -0.4 is 10.1 Å². The van der Waals surface area contributed by atoms with Gasteiger partial charge in [-0.2, -0.15) is 0 Å². The Bertz CT molecular complexity index is 528. The second-order valence-electron chi connectivity index (χ2n) is 5.89. The van der Waals surface area contributed by atoms with Gasteiger partial charge < -0.3 is 15.0 Å². The molecule has 23 heavy (non-hydrogen) atoms. The van der Waals surface area contributed by atoms with Crippen LogP contribution >= 0.6 is 0 Å². The first-order valence-electron chi connectivity index (χ1n) is 7.61. The molecule has 2 amide bonds. The van der Waals surface area contributed by atoms with Gasteiger partial charge in [-0.25, -0.2) is 0 Å². The van der Waals surface area contributed by atoms with Crippen LogP contribution in [0.25, 0.3) is 0 Å². The van der Waals surface area contributed by atoms with E-state index >= 15 is 0 Å². The molecule has 2 unspecified atom stereocenters. The van der Waals surface area contributed by atoms with Crippen LogP contribution in [-0.4, -0.2) is 62.5 Å². The lowest BCUT2D eigenvalue weighted by atomic mass is 10.1. The molecular weight excluding hydrogens is 294 g/mol. The maximum atomic E-state index is 12.1. The summed E-state index contributed by atoms with van der Waals surface area (Å²) in [5.41, 5.74) is 1.10. The van der Waals surface area contributed by atoms with Gasteiger partial charge in [-0.15, -0.1) is 0 Å². The molecule has 1 N–H and O–H groups in total. The Morgan fingerprint density at radius 1 is 1.13 bits per heavy atom. The molecule has 0 aliphatic rings. The van der Waals surface area contributed by atoms with Gasteiger partial charge in [-0.3, -0.25) is 14.5 Å². The van der Waals surface area contributed by atoms with E-state index < -0.39 is 6.04 Å². The monoisotopic (exact) mass is 321 g/mol. The smallest absolute Gasteiger partial charge is 0.244 e. The van der Waals surface area contributed by atoms with Gasteiger partial charge in [0.2, 0.25) is 11.8 Å². The summed E-state index contributed by atoms with van der Waals surface area (Å²) in [6.07, 6.45) is 0. The molecule has 0 saturated heterocycles. The first kappa shape index (κ1) is 19.0. The lowest BCUT2D eigenvalue weighted by Gasteiger charge is -2.25. The number of benzene rings is 1. The first-order valence-corrected chi connectivity index (χ1v) is 7.61. The summed E-state index contributed by atoms with van der Waals surface area (Å²) in [4.78, 5) is 27.3. The van der Waals surface area contributed by atoms with Gasteiger partial charge >= 0.3 is 0 Å². The third kappa shape index (κ3) is 5.56. The van der Waals surface area contributed by atoms with E-state index in [2.05, 4.69) is 5.32 Å². The number of likely N-dealkylation sites (N-methyl/N-ethyl adjacent to an activating group) is 2. The number of rotatable bonds is 7. The Labute approximate surface area is 138 Å². The van der Waals surface area contributed by atoms with Crippen molar-refractivity contribution in [1.29, 1.82) is 0 Å². The highest BCUT2D eigenvalue weighted by molar-refractivity contribution is 5.87. The number of carbonyl (C=O) groups excluding carboxylic acids is 2. The van der Waals surface area contributed by atoms with E-state index in [1.807, 2.05) is 43.1 Å². The molecule has 0 aliphatic carbocycles. The zero-order chi connectivity index (χ0) is 17.6. The van der Waals surface area contributed by atoms with Crippen LogP contribution in [0.5, 0.6) is 5.75 Å². The van der Waals surface area contributed by atoms with Crippen molar-refractivity contribution in [1.82, 2.24) is 15.1 Å². The molecule has 0 saturated carbocycles. The number of amides is 2. The maximum Gasteiger partial charge on any atom is 0.244 e. The van der Waals surface area contributed by atoms with Crippen LogP contribution in [0.2, 0.25) is 0 Å². The molecule has 2 atom stereocenters. The number of nitrogens with zero attached hydrogens (tertiary/aromatic N) is 2. The van der Waals surface area contributed by atoms with Crippen molar-refractivity contribution in [2.24, 2.45) is 0 Å². The Balaban J connectivity index is 2.58. The number of carbonyl (C=O) groups is 2. The Morgan fingerprint density at radius 2 is 1.70 bits per heavy atom. The SMILES string of the molecule is COc1ccc(C(C)N(C)CC(=O)NC(C)C(=O)N(C)C)cc1. The zero-order valence-corrected chi connectivity index (χ0v) is 14.8. The van der Waals surface area contributed by atoms with Gasteiger partial charge in [0, 0.05) is 20.1 Å². The number of hydrogen-bond acceptors (Lipinski definition) is 4. The van der Waals surface area contributed by atoms with Crippen LogP contribution in [0.4, 0.5) is 0 Å². The second-order valence-corrected chi connectivity index (χ2v) is 5.89. The molecule has 0 radical (unpaired) electrons. The maximum absolute atomic E-state index is 12.1. The fourth-order valence-electron chi connectivity index (χ4n) is 2.24. The van der Waals surface area contributed by atoms with Crippen molar-refractivity contribution in [2.75, 3.05) is 34.8 Å². The Kier molecular flexibility index (Phi) is 7.03. The van der Waals surface area contributed by atoms with Crippen molar-refractivity contribution in [3.63, 3.8) is 0 Å². The number of methoxy groups -OCH3 is 1. The normalized spacial score (nSPS) is 13.3. The molecular formula is C17H27N3O3. The summed E-state index contributed by atoms with van der Waals surface area (Å²) in [5, 5.41) is 2.72. The number of hydrogen-bond donors (Lipinski definition) is 1. The van der Waals surface area contributed by atoms with E-state index in [0.29, 0.717) is 0 Å². The molecule has 6 nitrogen and oxygen atoms in total. The van der Waals surface area contributed by atoms with Gasteiger partial charge in [0.05, 0.1) is 13.7 Å². The minimum atomic E-state index is -0.526. The predicted octanol–water partition coefficient (Wildman–Crippen LogP) is 1.28. The first-order chi connectivity index (χ1) is 10.8. The average molecular weight is 321 g/mol. The summed E-state index contributed by atoms with van der Waals surface area (Å²) in [6, 6.07) is 7.31. The highest BCUT2D eigenvalue weighted by Crippen LogP contribution is 2.21. The molecule has 128 valence electrons. The number of ether oxygens (including phenoxy) is 1. The van der Waals surface area contributed by atoms with Crippen LogP contribution in [0.1, 0.15) is 25.5 Å². The summed E-state index contributed by atoms with van der Waals surface area (Å²) in [7, 11) is 6.85. The molecule has 0 aromatic heterocycles. The molecule has 1 aromatic carbocycles. The number of nitrogens with one attached hydrogen (secondary N) is 1. The van der Waals surface area contributed by atoms with E-state index in [0.717, 1.165) is 11.3 Å². The highest BCUT2D eigenvalue weighted by atomic mass is 16.5. The van der Waals surface area contributed by atoms with Crippen molar-refractivity contribution in [3.8, 4) is 5.75 Å². The van der Waals surface area contributed by atoms with Crippen molar-refractivity contribution >= 4 is 11.8 Å². The van der Waals surface area contributed by atoms with E-state index in [9.17, 15) is 9.59 Å². The van der Waals surface area contributed by atoms with Gasteiger partial charge in [-0.1, -0.05) is 12.1 Å². The molecule has 0 fully saturated rings. The van der Waals surface area contributed by atoms with E-state index in [-0.39, 0.29) is 24.4 Å². The van der Waals surface area contributed by atoms with E-state index in [1.54, 1.807) is 28.1 Å². The van der Waals surface area contributed by atoms with Gasteiger partial charge in [-0.05, 0) is 38.6 Å². The Hall–Kier alpha value is -2.08. The fourth-order valence-corrected chi connectivity index (χ4v) is 2.24. The van der Waals surface area contributed by atoms with Gasteiger partial charge in [0.25, 0.3) is 0 Å². The van der Waals surface area contributed by atoms with Gasteiger partial charge in [0.1, 0.15) is 11.8 Å². The summed E-state index contributed by atoms with van der Waals surface area (Å²) in [5.74, 6) is 0.511. The van der Waals surface area contributed by atoms with Crippen LogP contribution in [-0.2, 0) is 9.59 Å². The van der Waals surface area contributed by atoms with Crippen molar-refractivity contribution in [3.05, 3.63) is 29.8 Å². The predicted molar refractivity (Wildman–Crippen MR) is 90.3 cm³/mol. The van der Waals surface area contributed by atoms with E-state index in [4.69, 9.17) is 4.74 Å². The van der Waals surface area contributed by atoms with Crippen molar-refractivity contribution in [2.45, 2.75) is 25.9 Å². The second kappa shape index (κ2) is 8.53. The summed E-state index contributed by atoms with van der Waals surface area (Å²) in [6.45, 7) is 3.94. The summed E-state index contributed by atoms with van der Waals surface area (Å²) >= 11 is 0. The minimum Gasteiger partial charge on any atom is -0.497 e. The third-order valence-electron chi connectivity index (χ3n) is 3.84. The topological polar surface area (TPSA) is 61.9 Å². The molecule has 6 heteroatoms. The van der Waals surface area contributed by atoms with E-state index in [1.165, 1.54) is 4.90 Å². The van der Waals surface area contributed by atoms with Crippen LogP contribution in [0.3, 0.4) is 0 Å². The van der Waals surface area contributed by atoms with Crippen LogP contribution in [0, 0.1) is 0 Å². The fraction of sp³-hybridized carbons (Fsp3) is 0.529. The Morgan fingerprint density at radius 3 is 2.17 bits per heavy atom. The summed E-state index contributed by atoms with van der Waals surface area (Å²) < 4.78 is 5.15. The van der Waals surface area contributed by atoms with Gasteiger partial charge in [0.15, 0.2) is 0 Å². The minimum absolute atomic E-state index is 0.0755. The highest BCUT2D eigenvalue weighted by Gasteiger charge is 2.20. The average Bonchev–Trinajstić information content (AvgIpc) is 2.52. The molecule has 1 rings (SSSR count). The molecule has 0 bridgehead atoms. The lowest BCUT2D eigenvalue weighted by molar-refractivity contribution is -0.134. The largest absolute Gasteiger partial charge is 0.497 e. The van der Waals surface area contributed by atoms with Crippen molar-refractivity contribution < 1.29 is 14.3 Å². The molecule has 1 aromatic rings. The molecule has 0 aliphatic heterocycles. The lowest BCUT2D eigenvalue weighted by Crippen LogP contribution is -2.47. The molecule has 0 spiro atoms.